The highest BCUT2D eigenvalue weighted by molar-refractivity contribution is 5.77. The summed E-state index contributed by atoms with van der Waals surface area (Å²) >= 11 is 0. The van der Waals surface area contributed by atoms with Crippen molar-refractivity contribution in [2.45, 2.75) is 38.0 Å². The van der Waals surface area contributed by atoms with Gasteiger partial charge in [0.15, 0.2) is 0 Å². The molecule has 0 unspecified atom stereocenters. The highest BCUT2D eigenvalue weighted by Crippen LogP contribution is 2.35. The van der Waals surface area contributed by atoms with Gasteiger partial charge in [0.1, 0.15) is 0 Å². The summed E-state index contributed by atoms with van der Waals surface area (Å²) in [5.41, 5.74) is 16.4. The van der Waals surface area contributed by atoms with Gasteiger partial charge in [0.25, 0.3) is 0 Å². The summed E-state index contributed by atoms with van der Waals surface area (Å²) in [6.07, 6.45) is 6.85. The van der Waals surface area contributed by atoms with E-state index in [4.69, 9.17) is 0 Å². The molecule has 0 aromatic heterocycles. The standard InChI is InChI=1S/C48H40/c1-3-7-35(8-4-1)37-11-15-39(16-12-37)41-19-23-43(24-20-41)45-27-31-47(32-28-45)48-33-29-46(30-34-48)44-25-21-42(22-26-44)40-17-13-38(14-18-40)36-9-5-2-6-10-36/h1,3-4,7-8,11-34,36H,2,5-6,9-10H2. The molecule has 1 aliphatic carbocycles. The van der Waals surface area contributed by atoms with Crippen LogP contribution in [0.5, 0.6) is 0 Å². The fraction of sp³-hybridized carbons (Fsp3) is 0.125. The maximum absolute atomic E-state index is 2.35. The van der Waals surface area contributed by atoms with E-state index < -0.39 is 0 Å². The summed E-state index contributed by atoms with van der Waals surface area (Å²) < 4.78 is 0. The third-order valence-electron chi connectivity index (χ3n) is 10.2. The Kier molecular flexibility index (Phi) is 8.55. The Hall–Kier alpha value is -5.46. The molecule has 0 bridgehead atoms. The van der Waals surface area contributed by atoms with Gasteiger partial charge in [-0.1, -0.05) is 195 Å². The zero-order valence-electron chi connectivity index (χ0n) is 27.4. The van der Waals surface area contributed by atoms with Crippen molar-refractivity contribution in [2.24, 2.45) is 0 Å². The molecule has 1 aliphatic rings. The zero-order valence-corrected chi connectivity index (χ0v) is 27.4. The van der Waals surface area contributed by atoms with Crippen LogP contribution in [0.25, 0.3) is 66.8 Å². The minimum absolute atomic E-state index is 0.754. The van der Waals surface area contributed by atoms with Crippen LogP contribution >= 0.6 is 0 Å². The summed E-state index contributed by atoms with van der Waals surface area (Å²) in [7, 11) is 0. The molecule has 0 N–H and O–H groups in total. The Morgan fingerprint density at radius 3 is 0.729 bits per heavy atom. The summed E-state index contributed by atoms with van der Waals surface area (Å²) in [5.74, 6) is 0.754. The minimum atomic E-state index is 0.754. The molecule has 1 saturated carbocycles. The molecular weight excluding hydrogens is 577 g/mol. The van der Waals surface area contributed by atoms with Gasteiger partial charge in [-0.25, -0.2) is 0 Å². The first-order valence-electron chi connectivity index (χ1n) is 17.4. The maximum atomic E-state index is 2.35. The van der Waals surface area contributed by atoms with Crippen molar-refractivity contribution in [3.05, 3.63) is 181 Å². The Morgan fingerprint density at radius 2 is 0.458 bits per heavy atom. The van der Waals surface area contributed by atoms with Gasteiger partial charge < -0.3 is 0 Å². The van der Waals surface area contributed by atoms with Gasteiger partial charge in [-0.3, -0.25) is 0 Å². The topological polar surface area (TPSA) is 0 Å². The van der Waals surface area contributed by atoms with E-state index >= 15 is 0 Å². The van der Waals surface area contributed by atoms with Gasteiger partial charge in [0, 0.05) is 0 Å². The lowest BCUT2D eigenvalue weighted by Crippen LogP contribution is -2.04. The highest BCUT2D eigenvalue weighted by atomic mass is 14.2. The summed E-state index contributed by atoms with van der Waals surface area (Å²) in [6, 6.07) is 64.5. The van der Waals surface area contributed by atoms with Crippen LogP contribution in [-0.2, 0) is 0 Å². The monoisotopic (exact) mass is 616 g/mol. The lowest BCUT2D eigenvalue weighted by Gasteiger charge is -2.22. The third kappa shape index (κ3) is 6.53. The van der Waals surface area contributed by atoms with Crippen molar-refractivity contribution in [3.63, 3.8) is 0 Å². The number of rotatable bonds is 7. The van der Waals surface area contributed by atoms with Crippen LogP contribution in [0.2, 0.25) is 0 Å². The van der Waals surface area contributed by atoms with E-state index in [1.807, 2.05) is 0 Å². The first-order chi connectivity index (χ1) is 23.8. The van der Waals surface area contributed by atoms with Crippen LogP contribution in [0.1, 0.15) is 43.6 Å². The Labute approximate surface area is 285 Å². The number of hydrogen-bond donors (Lipinski definition) is 0. The van der Waals surface area contributed by atoms with Crippen molar-refractivity contribution in [1.82, 2.24) is 0 Å². The molecule has 0 heteroatoms. The van der Waals surface area contributed by atoms with Crippen LogP contribution in [0.3, 0.4) is 0 Å². The van der Waals surface area contributed by atoms with E-state index in [0.717, 1.165) is 5.92 Å². The van der Waals surface area contributed by atoms with Crippen molar-refractivity contribution in [3.8, 4) is 66.8 Å². The third-order valence-corrected chi connectivity index (χ3v) is 10.2. The van der Waals surface area contributed by atoms with Gasteiger partial charge in [0.05, 0.1) is 0 Å². The molecule has 7 aromatic carbocycles. The molecule has 0 spiro atoms. The Bertz CT molecular complexity index is 2060. The van der Waals surface area contributed by atoms with Crippen molar-refractivity contribution in [1.29, 1.82) is 0 Å². The predicted octanol–water partition coefficient (Wildman–Crippen LogP) is 13.7. The van der Waals surface area contributed by atoms with Crippen LogP contribution in [0.15, 0.2) is 176 Å². The Balaban J connectivity index is 0.911. The van der Waals surface area contributed by atoms with Crippen LogP contribution in [0.4, 0.5) is 0 Å². The fourth-order valence-electron chi connectivity index (χ4n) is 7.29. The fourth-order valence-corrected chi connectivity index (χ4v) is 7.29. The maximum Gasteiger partial charge on any atom is -0.0162 e. The summed E-state index contributed by atoms with van der Waals surface area (Å²) in [5, 5.41) is 0. The quantitative estimate of drug-likeness (QED) is 0.167. The second kappa shape index (κ2) is 13.7. The molecule has 7 aromatic rings. The Morgan fingerprint density at radius 1 is 0.229 bits per heavy atom. The first-order valence-corrected chi connectivity index (χ1v) is 17.4. The normalized spacial score (nSPS) is 13.3. The van der Waals surface area contributed by atoms with Crippen molar-refractivity contribution < 1.29 is 0 Å². The molecule has 0 radical (unpaired) electrons. The van der Waals surface area contributed by atoms with Crippen LogP contribution in [-0.4, -0.2) is 0 Å². The number of hydrogen-bond acceptors (Lipinski definition) is 0. The van der Waals surface area contributed by atoms with E-state index in [1.54, 1.807) is 0 Å². The molecular formula is C48H40. The first kappa shape index (κ1) is 29.9. The van der Waals surface area contributed by atoms with Gasteiger partial charge in [-0.2, -0.15) is 0 Å². The smallest absolute Gasteiger partial charge is 0.0162 e. The molecule has 0 heterocycles. The molecule has 232 valence electrons. The zero-order chi connectivity index (χ0) is 32.1. The van der Waals surface area contributed by atoms with Crippen molar-refractivity contribution >= 4 is 0 Å². The summed E-state index contributed by atoms with van der Waals surface area (Å²) in [6.45, 7) is 0. The largest absolute Gasteiger partial charge is 0.0622 e. The van der Waals surface area contributed by atoms with E-state index in [2.05, 4.69) is 176 Å². The second-order valence-corrected chi connectivity index (χ2v) is 13.2. The van der Waals surface area contributed by atoms with Crippen LogP contribution in [0, 0.1) is 0 Å². The SMILES string of the molecule is c1ccc(-c2ccc(-c3ccc(-c4ccc(-c5ccc(-c6ccc(-c7ccc(C8CCCCC8)cc7)cc6)cc5)cc4)cc3)cc2)cc1. The predicted molar refractivity (Wildman–Crippen MR) is 205 cm³/mol. The van der Waals surface area contributed by atoms with Crippen LogP contribution < -0.4 is 0 Å². The van der Waals surface area contributed by atoms with E-state index in [0.29, 0.717) is 0 Å². The van der Waals surface area contributed by atoms with E-state index in [1.165, 1.54) is 104 Å². The minimum Gasteiger partial charge on any atom is -0.0622 e. The lowest BCUT2D eigenvalue weighted by atomic mass is 9.83. The molecule has 1 fully saturated rings. The molecule has 48 heavy (non-hydrogen) atoms. The highest BCUT2D eigenvalue weighted by Gasteiger charge is 2.15. The van der Waals surface area contributed by atoms with Gasteiger partial charge >= 0.3 is 0 Å². The molecule has 8 rings (SSSR count). The van der Waals surface area contributed by atoms with E-state index in [9.17, 15) is 0 Å². The molecule has 0 atom stereocenters. The second-order valence-electron chi connectivity index (χ2n) is 13.2. The molecule has 0 amide bonds. The van der Waals surface area contributed by atoms with Gasteiger partial charge in [-0.15, -0.1) is 0 Å². The van der Waals surface area contributed by atoms with Gasteiger partial charge in [0.2, 0.25) is 0 Å². The molecule has 0 nitrogen and oxygen atoms in total. The summed E-state index contributed by atoms with van der Waals surface area (Å²) in [4.78, 5) is 0. The number of benzene rings is 7. The molecule has 0 aliphatic heterocycles. The average Bonchev–Trinajstić information content (AvgIpc) is 3.19. The van der Waals surface area contributed by atoms with E-state index in [-0.39, 0.29) is 0 Å². The average molecular weight is 617 g/mol. The molecule has 0 saturated heterocycles. The lowest BCUT2D eigenvalue weighted by molar-refractivity contribution is 0.443. The van der Waals surface area contributed by atoms with Crippen molar-refractivity contribution in [2.75, 3.05) is 0 Å². The van der Waals surface area contributed by atoms with Gasteiger partial charge in [-0.05, 0) is 91.1 Å².